The molecule has 2 aromatic carbocycles. The van der Waals surface area contributed by atoms with Crippen molar-refractivity contribution in [1.29, 1.82) is 0 Å². The zero-order valence-corrected chi connectivity index (χ0v) is 19.0. The van der Waals surface area contributed by atoms with Crippen LogP contribution in [0, 0.1) is 0 Å². The molecular formula is C25H27N5O3. The summed E-state index contributed by atoms with van der Waals surface area (Å²) in [6, 6.07) is 11.4. The van der Waals surface area contributed by atoms with E-state index in [1.165, 1.54) is 0 Å². The third-order valence-corrected chi connectivity index (χ3v) is 5.29. The van der Waals surface area contributed by atoms with Crippen molar-refractivity contribution in [2.24, 2.45) is 12.0 Å². The van der Waals surface area contributed by atoms with Gasteiger partial charge in [0.05, 0.1) is 18.5 Å². The topological polar surface area (TPSA) is 89.8 Å². The predicted molar refractivity (Wildman–Crippen MR) is 130 cm³/mol. The van der Waals surface area contributed by atoms with Crippen molar-refractivity contribution in [2.75, 3.05) is 24.4 Å². The normalized spacial score (nSPS) is 13.1. The first kappa shape index (κ1) is 22.1. The second kappa shape index (κ2) is 9.60. The highest BCUT2D eigenvalue weighted by Gasteiger charge is 2.17. The summed E-state index contributed by atoms with van der Waals surface area (Å²) in [5, 5.41) is 6.19. The number of ether oxygens (including phenoxy) is 2. The fourth-order valence-corrected chi connectivity index (χ4v) is 3.64. The smallest absolute Gasteiger partial charge is 0.262 e. The average Bonchev–Trinajstić information content (AvgIpc) is 3.24. The molecule has 0 unspecified atom stereocenters. The Labute approximate surface area is 193 Å². The van der Waals surface area contributed by atoms with E-state index in [-0.39, 0.29) is 12.5 Å². The summed E-state index contributed by atoms with van der Waals surface area (Å²) in [5.74, 6) is 2.52. The summed E-state index contributed by atoms with van der Waals surface area (Å²) in [5.41, 5.74) is 3.95. The van der Waals surface area contributed by atoms with Crippen LogP contribution in [0.4, 0.5) is 11.4 Å². The van der Waals surface area contributed by atoms with E-state index in [0.717, 1.165) is 35.4 Å². The van der Waals surface area contributed by atoms with E-state index < -0.39 is 0 Å². The first-order valence-electron chi connectivity index (χ1n) is 10.7. The second-order valence-corrected chi connectivity index (χ2v) is 7.72. The lowest BCUT2D eigenvalue weighted by atomic mass is 10.1. The number of carbonyl (C=O) groups excluding carboxylic acids is 1. The summed E-state index contributed by atoms with van der Waals surface area (Å²) < 4.78 is 12.9. The lowest BCUT2D eigenvalue weighted by Crippen LogP contribution is -2.25. The molecule has 1 aliphatic heterocycles. The fraction of sp³-hybridized carbons (Fsp3) is 0.240. The summed E-state index contributed by atoms with van der Waals surface area (Å²) >= 11 is 0. The molecule has 0 radical (unpaired) electrons. The zero-order chi connectivity index (χ0) is 23.4. The number of aromatic nitrogens is 2. The SMILES string of the molecule is C=C(N=C(Nc1ccc(OC)c(CCC)c1)c1nccn1C)c1ccc2c(c1)OCC(=O)N2. The molecule has 33 heavy (non-hydrogen) atoms. The van der Waals surface area contributed by atoms with Crippen LogP contribution in [0.3, 0.4) is 0 Å². The number of benzene rings is 2. The van der Waals surface area contributed by atoms with Gasteiger partial charge in [-0.3, -0.25) is 4.79 Å². The lowest BCUT2D eigenvalue weighted by Gasteiger charge is -2.18. The highest BCUT2D eigenvalue weighted by Crippen LogP contribution is 2.31. The molecule has 1 aromatic heterocycles. The van der Waals surface area contributed by atoms with Gasteiger partial charge in [0.2, 0.25) is 0 Å². The molecule has 2 heterocycles. The molecule has 4 rings (SSSR count). The van der Waals surface area contributed by atoms with Crippen molar-refractivity contribution < 1.29 is 14.3 Å². The van der Waals surface area contributed by atoms with Crippen molar-refractivity contribution in [3.8, 4) is 11.5 Å². The summed E-state index contributed by atoms with van der Waals surface area (Å²) in [7, 11) is 3.59. The Hall–Kier alpha value is -4.07. The summed E-state index contributed by atoms with van der Waals surface area (Å²) in [6.07, 6.45) is 5.51. The number of fused-ring (bicyclic) bond motifs is 1. The number of aryl methyl sites for hydroxylation is 2. The third-order valence-electron chi connectivity index (χ3n) is 5.29. The van der Waals surface area contributed by atoms with Crippen LogP contribution >= 0.6 is 0 Å². The van der Waals surface area contributed by atoms with Crippen LogP contribution in [-0.4, -0.2) is 35.0 Å². The van der Waals surface area contributed by atoms with Gasteiger partial charge < -0.3 is 24.7 Å². The van der Waals surface area contributed by atoms with E-state index in [4.69, 9.17) is 14.5 Å². The van der Waals surface area contributed by atoms with Gasteiger partial charge in [-0.05, 0) is 42.3 Å². The number of nitrogens with one attached hydrogen (secondary N) is 2. The van der Waals surface area contributed by atoms with Crippen molar-refractivity contribution in [2.45, 2.75) is 19.8 Å². The molecule has 1 aliphatic rings. The fourth-order valence-electron chi connectivity index (χ4n) is 3.64. The Balaban J connectivity index is 1.67. The molecule has 0 bridgehead atoms. The van der Waals surface area contributed by atoms with Crippen LogP contribution < -0.4 is 20.1 Å². The molecule has 0 fully saturated rings. The van der Waals surface area contributed by atoms with Crippen LogP contribution in [0.1, 0.15) is 30.3 Å². The number of aliphatic imine (C=N–C) groups is 1. The Kier molecular flexibility index (Phi) is 6.44. The number of imidazole rings is 1. The molecule has 0 saturated heterocycles. The molecular weight excluding hydrogens is 418 g/mol. The average molecular weight is 446 g/mol. The van der Waals surface area contributed by atoms with Gasteiger partial charge in [-0.25, -0.2) is 9.98 Å². The highest BCUT2D eigenvalue weighted by atomic mass is 16.5. The van der Waals surface area contributed by atoms with Gasteiger partial charge in [0.25, 0.3) is 5.91 Å². The Morgan fingerprint density at radius 1 is 1.33 bits per heavy atom. The number of hydrogen-bond donors (Lipinski definition) is 2. The van der Waals surface area contributed by atoms with Crippen LogP contribution in [0.25, 0.3) is 5.70 Å². The molecule has 0 saturated carbocycles. The van der Waals surface area contributed by atoms with Gasteiger partial charge in [0.1, 0.15) is 11.5 Å². The number of methoxy groups -OCH3 is 1. The number of amides is 1. The zero-order valence-electron chi connectivity index (χ0n) is 19.0. The predicted octanol–water partition coefficient (Wildman–Crippen LogP) is 4.24. The van der Waals surface area contributed by atoms with E-state index in [2.05, 4.69) is 35.2 Å². The Bertz CT molecular complexity index is 1230. The summed E-state index contributed by atoms with van der Waals surface area (Å²) in [6.45, 7) is 6.28. The molecule has 2 N–H and O–H groups in total. The van der Waals surface area contributed by atoms with Gasteiger partial charge in [-0.2, -0.15) is 0 Å². The van der Waals surface area contributed by atoms with Gasteiger partial charge >= 0.3 is 0 Å². The minimum atomic E-state index is -0.171. The minimum Gasteiger partial charge on any atom is -0.496 e. The van der Waals surface area contributed by atoms with Crippen LogP contribution in [-0.2, 0) is 18.3 Å². The largest absolute Gasteiger partial charge is 0.496 e. The van der Waals surface area contributed by atoms with Crippen molar-refractivity contribution >= 4 is 28.8 Å². The van der Waals surface area contributed by atoms with E-state index in [0.29, 0.717) is 28.8 Å². The minimum absolute atomic E-state index is 0.0101. The number of carbonyl (C=O) groups is 1. The van der Waals surface area contributed by atoms with Gasteiger partial charge in [-0.1, -0.05) is 26.0 Å². The Morgan fingerprint density at radius 3 is 2.91 bits per heavy atom. The number of nitrogens with zero attached hydrogens (tertiary/aromatic N) is 3. The van der Waals surface area contributed by atoms with Crippen LogP contribution in [0.15, 0.2) is 60.4 Å². The number of rotatable bonds is 7. The van der Waals surface area contributed by atoms with E-state index in [9.17, 15) is 4.79 Å². The van der Waals surface area contributed by atoms with E-state index >= 15 is 0 Å². The highest BCUT2D eigenvalue weighted by molar-refractivity contribution is 6.08. The standard InChI is InChI=1S/C25H27N5O3/c1-5-6-18-13-19(8-10-21(18)32-4)28-24(25-26-11-12-30(25)3)27-16(2)17-7-9-20-22(14-17)33-15-23(31)29-20/h7-14H,2,5-6,15H2,1,3-4H3,(H,27,28)(H,29,31). The van der Waals surface area contributed by atoms with E-state index in [1.807, 2.05) is 42.1 Å². The van der Waals surface area contributed by atoms with E-state index in [1.54, 1.807) is 19.4 Å². The third kappa shape index (κ3) is 4.90. The molecule has 0 spiro atoms. The Morgan fingerprint density at radius 2 is 2.18 bits per heavy atom. The quantitative estimate of drug-likeness (QED) is 0.419. The lowest BCUT2D eigenvalue weighted by molar-refractivity contribution is -0.118. The molecule has 3 aromatic rings. The maximum atomic E-state index is 11.5. The molecule has 8 heteroatoms. The second-order valence-electron chi connectivity index (χ2n) is 7.72. The monoisotopic (exact) mass is 445 g/mol. The van der Waals surface area contributed by atoms with Crippen molar-refractivity contribution in [3.05, 3.63) is 72.3 Å². The molecule has 0 aliphatic carbocycles. The van der Waals surface area contributed by atoms with Crippen LogP contribution in [0.5, 0.6) is 11.5 Å². The van der Waals surface area contributed by atoms with Gasteiger partial charge in [0, 0.05) is 30.7 Å². The number of amidine groups is 1. The number of hydrogen-bond acceptors (Lipinski definition) is 5. The maximum Gasteiger partial charge on any atom is 0.262 e. The first-order valence-corrected chi connectivity index (χ1v) is 10.7. The van der Waals surface area contributed by atoms with Gasteiger partial charge in [0.15, 0.2) is 18.3 Å². The van der Waals surface area contributed by atoms with Gasteiger partial charge in [-0.15, -0.1) is 0 Å². The maximum absolute atomic E-state index is 11.5. The molecule has 8 nitrogen and oxygen atoms in total. The van der Waals surface area contributed by atoms with Crippen molar-refractivity contribution in [3.63, 3.8) is 0 Å². The molecule has 1 amide bonds. The molecule has 0 atom stereocenters. The van der Waals surface area contributed by atoms with Crippen molar-refractivity contribution in [1.82, 2.24) is 9.55 Å². The molecule has 170 valence electrons. The summed E-state index contributed by atoms with van der Waals surface area (Å²) in [4.78, 5) is 20.8. The van der Waals surface area contributed by atoms with Crippen LogP contribution in [0.2, 0.25) is 0 Å². The number of anilines is 2. The first-order chi connectivity index (χ1) is 16.0.